The van der Waals surface area contributed by atoms with Gasteiger partial charge in [-0.05, 0) is 20.1 Å². The fraction of sp³-hybridized carbons (Fsp3) is 0.800. The van der Waals surface area contributed by atoms with Crippen LogP contribution in [0.1, 0.15) is 18.6 Å². The molecule has 1 atom stereocenters. The predicted molar refractivity (Wildman–Crippen MR) is 66.5 cm³/mol. The molecule has 0 aliphatic rings. The van der Waals surface area contributed by atoms with Gasteiger partial charge in [0.25, 0.3) is 0 Å². The minimum atomic E-state index is -0.674. The molecule has 92 valence electrons. The zero-order valence-electron chi connectivity index (χ0n) is 10.3. The lowest BCUT2D eigenvalue weighted by molar-refractivity contribution is 0.0843. The molecular formula is C10H20N4OS. The number of rotatable bonds is 6. The molecule has 16 heavy (non-hydrogen) atoms. The molecule has 0 saturated heterocycles. The van der Waals surface area contributed by atoms with Crippen molar-refractivity contribution in [2.24, 2.45) is 7.05 Å². The van der Waals surface area contributed by atoms with Crippen LogP contribution in [0.3, 0.4) is 0 Å². The molecule has 0 radical (unpaired) electrons. The maximum Gasteiger partial charge on any atom is 0.146 e. The van der Waals surface area contributed by atoms with Crippen molar-refractivity contribution in [3.63, 3.8) is 0 Å². The topological polar surface area (TPSA) is 63.0 Å². The summed E-state index contributed by atoms with van der Waals surface area (Å²) in [5.74, 6) is 2.50. The molecule has 0 spiro atoms. The zero-order valence-corrected chi connectivity index (χ0v) is 11.1. The van der Waals surface area contributed by atoms with E-state index in [1.54, 1.807) is 11.8 Å². The Morgan fingerprint density at radius 1 is 1.50 bits per heavy atom. The third kappa shape index (κ3) is 3.77. The van der Waals surface area contributed by atoms with Crippen LogP contribution in [0, 0.1) is 6.92 Å². The molecule has 1 aromatic heterocycles. The van der Waals surface area contributed by atoms with Crippen molar-refractivity contribution in [2.75, 3.05) is 18.6 Å². The van der Waals surface area contributed by atoms with E-state index in [0.29, 0.717) is 13.1 Å². The van der Waals surface area contributed by atoms with E-state index in [-0.39, 0.29) is 0 Å². The lowest BCUT2D eigenvalue weighted by Crippen LogP contribution is -2.40. The van der Waals surface area contributed by atoms with E-state index in [1.165, 1.54) is 0 Å². The van der Waals surface area contributed by atoms with E-state index in [2.05, 4.69) is 15.5 Å². The minimum absolute atomic E-state index is 0.555. The first-order valence-electron chi connectivity index (χ1n) is 5.23. The molecule has 0 aromatic carbocycles. The summed E-state index contributed by atoms with van der Waals surface area (Å²) in [5, 5.41) is 21.2. The molecule has 1 rings (SSSR count). The average Bonchev–Trinajstić information content (AvgIpc) is 2.49. The quantitative estimate of drug-likeness (QED) is 0.755. The minimum Gasteiger partial charge on any atom is -0.388 e. The number of aliphatic hydroxyl groups is 1. The third-order valence-electron chi connectivity index (χ3n) is 2.43. The van der Waals surface area contributed by atoms with Crippen LogP contribution in [-0.2, 0) is 13.6 Å². The van der Waals surface area contributed by atoms with Gasteiger partial charge in [-0.25, -0.2) is 0 Å². The highest BCUT2D eigenvalue weighted by Gasteiger charge is 2.19. The number of nitrogens with one attached hydrogen (secondary N) is 1. The van der Waals surface area contributed by atoms with Gasteiger partial charge in [0.15, 0.2) is 0 Å². The fourth-order valence-electron chi connectivity index (χ4n) is 1.41. The van der Waals surface area contributed by atoms with E-state index in [4.69, 9.17) is 0 Å². The van der Waals surface area contributed by atoms with Crippen LogP contribution in [0.25, 0.3) is 0 Å². The van der Waals surface area contributed by atoms with Crippen molar-refractivity contribution < 1.29 is 5.11 Å². The van der Waals surface area contributed by atoms with Gasteiger partial charge in [-0.15, -0.1) is 10.2 Å². The molecule has 6 heteroatoms. The number of nitrogens with zero attached hydrogens (tertiary/aromatic N) is 3. The fourth-order valence-corrected chi connectivity index (χ4v) is 2.13. The van der Waals surface area contributed by atoms with Crippen LogP contribution in [0.4, 0.5) is 0 Å². The highest BCUT2D eigenvalue weighted by Crippen LogP contribution is 2.09. The molecule has 1 unspecified atom stereocenters. The Labute approximate surface area is 101 Å². The Bertz CT molecular complexity index is 338. The molecule has 0 saturated carbocycles. The summed E-state index contributed by atoms with van der Waals surface area (Å²) in [7, 11) is 1.94. The molecule has 0 aliphatic carbocycles. The second kappa shape index (κ2) is 5.65. The Balaban J connectivity index is 2.38. The van der Waals surface area contributed by atoms with Crippen LogP contribution in [0.2, 0.25) is 0 Å². The normalized spacial score (nSPS) is 15.1. The Morgan fingerprint density at radius 3 is 2.69 bits per heavy atom. The van der Waals surface area contributed by atoms with Crippen molar-refractivity contribution in [2.45, 2.75) is 26.0 Å². The van der Waals surface area contributed by atoms with Crippen LogP contribution in [-0.4, -0.2) is 44.0 Å². The van der Waals surface area contributed by atoms with Crippen molar-refractivity contribution in [3.8, 4) is 0 Å². The van der Waals surface area contributed by atoms with E-state index < -0.39 is 5.60 Å². The molecule has 0 aliphatic heterocycles. The lowest BCUT2D eigenvalue weighted by Gasteiger charge is -2.22. The van der Waals surface area contributed by atoms with E-state index in [0.717, 1.165) is 17.4 Å². The van der Waals surface area contributed by atoms with E-state index in [1.807, 2.05) is 31.7 Å². The Hall–Kier alpha value is -0.590. The number of hydrogen-bond acceptors (Lipinski definition) is 5. The zero-order chi connectivity index (χ0) is 12.2. The van der Waals surface area contributed by atoms with Crippen LogP contribution in [0.5, 0.6) is 0 Å². The highest BCUT2D eigenvalue weighted by atomic mass is 32.2. The van der Waals surface area contributed by atoms with Gasteiger partial charge in [0.1, 0.15) is 11.6 Å². The van der Waals surface area contributed by atoms with Gasteiger partial charge in [-0.2, -0.15) is 11.8 Å². The van der Waals surface area contributed by atoms with Crippen molar-refractivity contribution in [3.05, 3.63) is 11.6 Å². The van der Waals surface area contributed by atoms with Gasteiger partial charge in [0.2, 0.25) is 0 Å². The van der Waals surface area contributed by atoms with Gasteiger partial charge in [-0.1, -0.05) is 0 Å². The molecule has 2 N–H and O–H groups in total. The second-order valence-corrected chi connectivity index (χ2v) is 5.12. The van der Waals surface area contributed by atoms with Gasteiger partial charge >= 0.3 is 0 Å². The molecule has 1 heterocycles. The highest BCUT2D eigenvalue weighted by molar-refractivity contribution is 7.98. The summed E-state index contributed by atoms with van der Waals surface area (Å²) in [6.07, 6.45) is 1.99. The smallest absolute Gasteiger partial charge is 0.146 e. The summed E-state index contributed by atoms with van der Waals surface area (Å²) in [5.41, 5.74) is -0.674. The first-order valence-corrected chi connectivity index (χ1v) is 6.62. The number of aromatic nitrogens is 3. The third-order valence-corrected chi connectivity index (χ3v) is 3.34. The maximum absolute atomic E-state index is 9.94. The summed E-state index contributed by atoms with van der Waals surface area (Å²) in [6, 6.07) is 0. The van der Waals surface area contributed by atoms with Gasteiger partial charge < -0.3 is 15.0 Å². The Morgan fingerprint density at radius 2 is 2.19 bits per heavy atom. The Kier molecular flexibility index (Phi) is 4.76. The van der Waals surface area contributed by atoms with Crippen molar-refractivity contribution in [1.29, 1.82) is 0 Å². The standard InChI is InChI=1S/C10H20N4OS/c1-8-12-13-9(14(8)3)5-11-6-10(2,15)7-16-4/h11,15H,5-7H2,1-4H3. The largest absolute Gasteiger partial charge is 0.388 e. The predicted octanol–water partition coefficient (Wildman–Crippen LogP) is 0.327. The lowest BCUT2D eigenvalue weighted by atomic mass is 10.1. The summed E-state index contributed by atoms with van der Waals surface area (Å²) in [4.78, 5) is 0. The SMILES string of the molecule is CSCC(C)(O)CNCc1nnc(C)n1C. The summed E-state index contributed by atoms with van der Waals surface area (Å²) < 4.78 is 1.94. The number of thioether (sulfide) groups is 1. The van der Waals surface area contributed by atoms with Gasteiger partial charge in [0.05, 0.1) is 12.1 Å². The van der Waals surface area contributed by atoms with Gasteiger partial charge in [-0.3, -0.25) is 0 Å². The van der Waals surface area contributed by atoms with Crippen LogP contribution >= 0.6 is 11.8 Å². The monoisotopic (exact) mass is 244 g/mol. The molecule has 1 aromatic rings. The number of aryl methyl sites for hydroxylation is 1. The second-order valence-electron chi connectivity index (χ2n) is 4.26. The molecule has 0 fully saturated rings. The molecule has 0 amide bonds. The van der Waals surface area contributed by atoms with Crippen LogP contribution < -0.4 is 5.32 Å². The first kappa shape index (κ1) is 13.5. The summed E-state index contributed by atoms with van der Waals surface area (Å²) in [6.45, 7) is 4.93. The van der Waals surface area contributed by atoms with E-state index >= 15 is 0 Å². The van der Waals surface area contributed by atoms with Crippen molar-refractivity contribution in [1.82, 2.24) is 20.1 Å². The van der Waals surface area contributed by atoms with Gasteiger partial charge in [0, 0.05) is 19.3 Å². The molecule has 0 bridgehead atoms. The van der Waals surface area contributed by atoms with E-state index in [9.17, 15) is 5.11 Å². The van der Waals surface area contributed by atoms with Crippen LogP contribution in [0.15, 0.2) is 0 Å². The molecule has 5 nitrogen and oxygen atoms in total. The first-order chi connectivity index (χ1) is 7.46. The number of hydrogen-bond donors (Lipinski definition) is 2. The van der Waals surface area contributed by atoms with Crippen molar-refractivity contribution >= 4 is 11.8 Å². The molecular weight excluding hydrogens is 224 g/mol. The average molecular weight is 244 g/mol. The maximum atomic E-state index is 9.94. The summed E-state index contributed by atoms with van der Waals surface area (Å²) >= 11 is 1.64.